The monoisotopic (exact) mass is 534 g/mol. The van der Waals surface area contributed by atoms with Gasteiger partial charge in [-0.25, -0.2) is 22.2 Å². The van der Waals surface area contributed by atoms with Gasteiger partial charge in [0.2, 0.25) is 0 Å². The summed E-state index contributed by atoms with van der Waals surface area (Å²) in [5, 5.41) is 7.04. The van der Waals surface area contributed by atoms with Crippen LogP contribution in [-0.2, 0) is 14.8 Å². The van der Waals surface area contributed by atoms with Crippen molar-refractivity contribution in [3.05, 3.63) is 52.8 Å². The first kappa shape index (κ1) is 23.6. The molecule has 1 saturated carbocycles. The lowest BCUT2D eigenvalue weighted by molar-refractivity contribution is 0.0475. The highest BCUT2D eigenvalue weighted by molar-refractivity contribution is 9.10. The highest BCUT2D eigenvalue weighted by atomic mass is 79.9. The van der Waals surface area contributed by atoms with Crippen LogP contribution < -0.4 is 10.6 Å². The number of carbonyl (C=O) groups excluding carboxylic acids is 1. The molecule has 4 rings (SSSR count). The summed E-state index contributed by atoms with van der Waals surface area (Å²) in [6, 6.07) is 8.64. The van der Waals surface area contributed by atoms with Crippen molar-refractivity contribution in [1.82, 2.24) is 14.3 Å². The van der Waals surface area contributed by atoms with Crippen LogP contribution in [0.25, 0.3) is 11.0 Å². The van der Waals surface area contributed by atoms with Gasteiger partial charge in [0.15, 0.2) is 5.65 Å². The van der Waals surface area contributed by atoms with Crippen LogP contribution in [0.15, 0.2) is 52.1 Å². The molecule has 0 radical (unpaired) electrons. The number of carbonyl (C=O) groups is 1. The van der Waals surface area contributed by atoms with Gasteiger partial charge in [-0.15, -0.1) is 0 Å². The Morgan fingerprint density at radius 1 is 1.15 bits per heavy atom. The third kappa shape index (κ3) is 5.01. The Labute approximate surface area is 201 Å². The Morgan fingerprint density at radius 2 is 1.82 bits per heavy atom. The number of hydrogen-bond donors (Lipinski definition) is 2. The summed E-state index contributed by atoms with van der Waals surface area (Å²) in [7, 11) is -3.78. The largest absolute Gasteiger partial charge is 0.444 e. The number of nitrogens with zero attached hydrogens (tertiary/aromatic N) is 2. The topological polar surface area (TPSA) is 102 Å². The number of rotatable bonds is 5. The van der Waals surface area contributed by atoms with E-state index < -0.39 is 21.7 Å². The average molecular weight is 535 g/mol. The molecule has 0 unspecified atom stereocenters. The summed E-state index contributed by atoms with van der Waals surface area (Å²) < 4.78 is 33.6. The lowest BCUT2D eigenvalue weighted by Crippen LogP contribution is -2.50. The minimum absolute atomic E-state index is 0.0277. The molecule has 10 heteroatoms. The third-order valence-electron chi connectivity index (χ3n) is 5.42. The molecule has 8 nitrogen and oxygen atoms in total. The lowest BCUT2D eigenvalue weighted by atomic mass is 9.86. The molecule has 1 aliphatic carbocycles. The van der Waals surface area contributed by atoms with Crippen LogP contribution in [0.3, 0.4) is 0 Å². The summed E-state index contributed by atoms with van der Waals surface area (Å²) in [6.45, 7) is 7.39. The number of alkyl carbamates (subject to hydrolysis) is 1. The average Bonchev–Trinajstić information content (AvgIpc) is 3.12. The molecule has 33 heavy (non-hydrogen) atoms. The van der Waals surface area contributed by atoms with Crippen LogP contribution in [-0.4, -0.2) is 41.2 Å². The van der Waals surface area contributed by atoms with Gasteiger partial charge in [-0.3, -0.25) is 0 Å². The first-order valence-electron chi connectivity index (χ1n) is 10.7. The van der Waals surface area contributed by atoms with E-state index in [2.05, 4.69) is 31.5 Å². The number of anilines is 1. The molecular weight excluding hydrogens is 508 g/mol. The number of aromatic nitrogens is 2. The quantitative estimate of drug-likeness (QED) is 0.486. The molecule has 1 fully saturated rings. The second kappa shape index (κ2) is 8.64. The highest BCUT2D eigenvalue weighted by Gasteiger charge is 2.32. The van der Waals surface area contributed by atoms with Gasteiger partial charge < -0.3 is 15.4 Å². The van der Waals surface area contributed by atoms with E-state index in [1.807, 2.05) is 27.7 Å². The van der Waals surface area contributed by atoms with Crippen molar-refractivity contribution in [2.75, 3.05) is 5.32 Å². The predicted octanol–water partition coefficient (Wildman–Crippen LogP) is 4.81. The van der Waals surface area contributed by atoms with Crippen LogP contribution in [0, 0.1) is 6.92 Å². The van der Waals surface area contributed by atoms with Gasteiger partial charge in [-0.1, -0.05) is 17.7 Å². The first-order valence-corrected chi connectivity index (χ1v) is 12.9. The van der Waals surface area contributed by atoms with Gasteiger partial charge in [0.1, 0.15) is 5.60 Å². The normalized spacial score (nSPS) is 18.6. The Morgan fingerprint density at radius 3 is 2.45 bits per heavy atom. The summed E-state index contributed by atoms with van der Waals surface area (Å²) in [6.07, 6.45) is 4.17. The van der Waals surface area contributed by atoms with Gasteiger partial charge in [-0.05, 0) is 74.7 Å². The SMILES string of the molecule is Cc1ccc(S(=O)(=O)n2ccc3c(NC4CC(NC(=O)OC(C)(C)C)C4)c(Br)cnc32)cc1. The minimum atomic E-state index is -3.78. The minimum Gasteiger partial charge on any atom is -0.444 e. The Bertz CT molecular complexity index is 1290. The fourth-order valence-electron chi connectivity index (χ4n) is 3.74. The van der Waals surface area contributed by atoms with Gasteiger partial charge in [0, 0.05) is 29.9 Å². The summed E-state index contributed by atoms with van der Waals surface area (Å²) in [4.78, 5) is 16.5. The maximum absolute atomic E-state index is 13.2. The van der Waals surface area contributed by atoms with E-state index in [0.717, 1.165) is 28.6 Å². The third-order valence-corrected chi connectivity index (χ3v) is 7.70. The molecule has 0 bridgehead atoms. The van der Waals surface area contributed by atoms with E-state index in [9.17, 15) is 13.2 Å². The molecule has 0 atom stereocenters. The van der Waals surface area contributed by atoms with Crippen LogP contribution in [0.1, 0.15) is 39.2 Å². The number of ether oxygens (including phenoxy) is 1. The maximum Gasteiger partial charge on any atom is 0.407 e. The molecule has 0 spiro atoms. The summed E-state index contributed by atoms with van der Waals surface area (Å²) >= 11 is 3.53. The Hall–Kier alpha value is -2.59. The van der Waals surface area contributed by atoms with Crippen LogP contribution >= 0.6 is 15.9 Å². The van der Waals surface area contributed by atoms with Crippen molar-refractivity contribution in [3.8, 4) is 0 Å². The summed E-state index contributed by atoms with van der Waals surface area (Å²) in [5.74, 6) is 0. The van der Waals surface area contributed by atoms with Crippen LogP contribution in [0.4, 0.5) is 10.5 Å². The first-order chi connectivity index (χ1) is 15.4. The number of pyridine rings is 1. The van der Waals surface area contributed by atoms with Crippen molar-refractivity contribution in [2.24, 2.45) is 0 Å². The number of amides is 1. The maximum atomic E-state index is 13.2. The number of nitrogens with one attached hydrogen (secondary N) is 2. The van der Waals surface area contributed by atoms with Crippen LogP contribution in [0.5, 0.6) is 0 Å². The molecule has 1 aromatic carbocycles. The van der Waals surface area contributed by atoms with E-state index >= 15 is 0 Å². The van der Waals surface area contributed by atoms with Crippen molar-refractivity contribution < 1.29 is 17.9 Å². The fourth-order valence-corrected chi connectivity index (χ4v) is 5.47. The zero-order valence-electron chi connectivity index (χ0n) is 18.9. The van der Waals surface area contributed by atoms with Gasteiger partial charge in [0.05, 0.1) is 15.1 Å². The number of halogens is 1. The molecule has 1 amide bonds. The van der Waals surface area contributed by atoms with E-state index in [0.29, 0.717) is 11.0 Å². The second-order valence-corrected chi connectivity index (χ2v) is 12.0. The predicted molar refractivity (Wildman–Crippen MR) is 131 cm³/mol. The van der Waals surface area contributed by atoms with Crippen LogP contribution in [0.2, 0.25) is 0 Å². The molecule has 0 saturated heterocycles. The molecule has 2 aromatic heterocycles. The van der Waals surface area contributed by atoms with Crippen molar-refractivity contribution >= 4 is 48.8 Å². The molecule has 1 aliphatic rings. The molecule has 176 valence electrons. The highest BCUT2D eigenvalue weighted by Crippen LogP contribution is 2.35. The zero-order chi connectivity index (χ0) is 24.0. The van der Waals surface area contributed by atoms with E-state index in [4.69, 9.17) is 4.74 Å². The van der Waals surface area contributed by atoms with Gasteiger partial charge >= 0.3 is 6.09 Å². The van der Waals surface area contributed by atoms with Crippen molar-refractivity contribution in [1.29, 1.82) is 0 Å². The Balaban J connectivity index is 1.51. The number of benzene rings is 1. The van der Waals surface area contributed by atoms with Gasteiger partial charge in [0.25, 0.3) is 10.0 Å². The molecule has 3 aromatic rings. The summed E-state index contributed by atoms with van der Waals surface area (Å²) in [5.41, 5.74) is 1.58. The van der Waals surface area contributed by atoms with E-state index in [-0.39, 0.29) is 17.0 Å². The number of fused-ring (bicyclic) bond motifs is 1. The van der Waals surface area contributed by atoms with E-state index in [1.165, 1.54) is 10.2 Å². The van der Waals surface area contributed by atoms with Crippen molar-refractivity contribution in [3.63, 3.8) is 0 Å². The Kier molecular flexibility index (Phi) is 6.17. The second-order valence-electron chi connectivity index (χ2n) is 9.30. The van der Waals surface area contributed by atoms with Gasteiger partial charge in [-0.2, -0.15) is 0 Å². The standard InChI is InChI=1S/C23H27BrN4O4S/c1-14-5-7-17(8-6-14)33(30,31)28-10-9-18-20(19(24)13-25-21(18)28)26-15-11-16(12-15)27-22(29)32-23(2,3)4/h5-10,13,15-16H,11-12H2,1-4H3,(H,25,26)(H,27,29). The molecule has 0 aliphatic heterocycles. The fraction of sp³-hybridized carbons (Fsp3) is 0.391. The number of hydrogen-bond acceptors (Lipinski definition) is 6. The number of aryl methyl sites for hydroxylation is 1. The van der Waals surface area contributed by atoms with Crippen molar-refractivity contribution in [2.45, 2.75) is 63.1 Å². The van der Waals surface area contributed by atoms with E-state index in [1.54, 1.807) is 36.5 Å². The molecule has 2 heterocycles. The molecular formula is C23H27BrN4O4S. The smallest absolute Gasteiger partial charge is 0.407 e. The lowest BCUT2D eigenvalue weighted by Gasteiger charge is -2.37. The zero-order valence-corrected chi connectivity index (χ0v) is 21.3. The molecule has 2 N–H and O–H groups in total.